The van der Waals surface area contributed by atoms with Crippen LogP contribution in [0.1, 0.15) is 27.2 Å². The summed E-state index contributed by atoms with van der Waals surface area (Å²) in [7, 11) is 2.09. The molecule has 0 aromatic carbocycles. The molecule has 1 amide bonds. The molecule has 2 saturated heterocycles. The first-order valence-electron chi connectivity index (χ1n) is 8.29. The number of piperidine rings is 1. The smallest absolute Gasteiger partial charge is 0.410 e. The van der Waals surface area contributed by atoms with Gasteiger partial charge in [-0.15, -0.1) is 0 Å². The highest BCUT2D eigenvalue weighted by molar-refractivity contribution is 5.73. The van der Waals surface area contributed by atoms with Gasteiger partial charge in [0.1, 0.15) is 5.60 Å². The van der Waals surface area contributed by atoms with Crippen molar-refractivity contribution < 1.29 is 19.4 Å². The average Bonchev–Trinajstić information content (AvgIpc) is 2.45. The second kappa shape index (κ2) is 7.05. The summed E-state index contributed by atoms with van der Waals surface area (Å²) in [5.41, 5.74) is -0.573. The lowest BCUT2D eigenvalue weighted by atomic mass is 9.93. The van der Waals surface area contributed by atoms with E-state index in [2.05, 4.69) is 16.8 Å². The summed E-state index contributed by atoms with van der Waals surface area (Å²) >= 11 is 0. The summed E-state index contributed by atoms with van der Waals surface area (Å²) in [4.78, 5) is 30.0. The van der Waals surface area contributed by atoms with Gasteiger partial charge in [0.05, 0.1) is 5.92 Å². The van der Waals surface area contributed by atoms with E-state index in [4.69, 9.17) is 4.74 Å². The highest BCUT2D eigenvalue weighted by Crippen LogP contribution is 2.24. The molecule has 2 rings (SSSR count). The molecule has 2 aliphatic rings. The normalized spacial score (nSPS) is 27.7. The topological polar surface area (TPSA) is 73.3 Å². The predicted molar refractivity (Wildman–Crippen MR) is 86.4 cm³/mol. The second-order valence-corrected chi connectivity index (χ2v) is 7.65. The summed E-state index contributed by atoms with van der Waals surface area (Å²) < 4.78 is 5.43. The number of carbonyl (C=O) groups is 2. The number of amides is 1. The Morgan fingerprint density at radius 2 is 1.70 bits per heavy atom. The maximum Gasteiger partial charge on any atom is 0.410 e. The first-order valence-corrected chi connectivity index (χ1v) is 8.29. The third kappa shape index (κ3) is 5.07. The SMILES string of the molecule is CN1CCN([C@H]2C[C@@H](C(=O)O)CN(C(=O)OC(C)(C)C)C2)CC1. The molecule has 0 aliphatic carbocycles. The molecule has 7 nitrogen and oxygen atoms in total. The summed E-state index contributed by atoms with van der Waals surface area (Å²) in [6, 6.07) is 0.0890. The van der Waals surface area contributed by atoms with Gasteiger partial charge in [-0.2, -0.15) is 0 Å². The third-order valence-electron chi connectivity index (χ3n) is 4.48. The molecular weight excluding hydrogens is 298 g/mol. The van der Waals surface area contributed by atoms with E-state index in [1.54, 1.807) is 4.90 Å². The monoisotopic (exact) mass is 327 g/mol. The van der Waals surface area contributed by atoms with E-state index >= 15 is 0 Å². The molecule has 0 radical (unpaired) electrons. The molecule has 0 bridgehead atoms. The van der Waals surface area contributed by atoms with Gasteiger partial charge in [-0.25, -0.2) is 4.79 Å². The number of ether oxygens (including phenoxy) is 1. The number of piperazine rings is 1. The molecule has 0 unspecified atom stereocenters. The first-order chi connectivity index (χ1) is 10.7. The van der Waals surface area contributed by atoms with Gasteiger partial charge in [-0.3, -0.25) is 9.69 Å². The van der Waals surface area contributed by atoms with E-state index in [-0.39, 0.29) is 12.6 Å². The Bertz CT molecular complexity index is 441. The standard InChI is InChI=1S/C16H29N3O4/c1-16(2,3)23-15(22)19-10-12(14(20)21)9-13(11-19)18-7-5-17(4)6-8-18/h12-13H,5-11H2,1-4H3,(H,20,21)/t12-,13+/m1/s1. The van der Waals surface area contributed by atoms with Crippen molar-refractivity contribution in [2.45, 2.75) is 38.8 Å². The number of carboxylic acids is 1. The molecule has 1 N–H and O–H groups in total. The minimum absolute atomic E-state index is 0.0890. The van der Waals surface area contributed by atoms with Crippen LogP contribution in [0.25, 0.3) is 0 Å². The van der Waals surface area contributed by atoms with Crippen LogP contribution >= 0.6 is 0 Å². The number of carbonyl (C=O) groups excluding carboxylic acids is 1. The fraction of sp³-hybridized carbons (Fsp3) is 0.875. The fourth-order valence-corrected chi connectivity index (χ4v) is 3.18. The highest BCUT2D eigenvalue weighted by Gasteiger charge is 2.38. The van der Waals surface area contributed by atoms with Crippen molar-refractivity contribution in [2.24, 2.45) is 5.92 Å². The van der Waals surface area contributed by atoms with Crippen LogP contribution in [0.4, 0.5) is 4.79 Å². The molecule has 2 atom stereocenters. The van der Waals surface area contributed by atoms with E-state index in [0.717, 1.165) is 26.2 Å². The molecule has 7 heteroatoms. The minimum Gasteiger partial charge on any atom is -0.481 e. The average molecular weight is 327 g/mol. The zero-order valence-electron chi connectivity index (χ0n) is 14.6. The van der Waals surface area contributed by atoms with Gasteiger partial charge in [-0.05, 0) is 34.2 Å². The number of hydrogen-bond donors (Lipinski definition) is 1. The maximum absolute atomic E-state index is 12.3. The maximum atomic E-state index is 12.3. The van der Waals surface area contributed by atoms with E-state index in [0.29, 0.717) is 13.0 Å². The van der Waals surface area contributed by atoms with E-state index < -0.39 is 23.6 Å². The zero-order valence-corrected chi connectivity index (χ0v) is 14.6. The Hall–Kier alpha value is -1.34. The third-order valence-corrected chi connectivity index (χ3v) is 4.48. The molecule has 0 aromatic rings. The van der Waals surface area contributed by atoms with Gasteiger partial charge in [0.25, 0.3) is 0 Å². The molecule has 2 aliphatic heterocycles. The molecule has 0 saturated carbocycles. The predicted octanol–water partition coefficient (Wildman–Crippen LogP) is 0.944. The van der Waals surface area contributed by atoms with Crippen LogP contribution in [-0.2, 0) is 9.53 Å². The van der Waals surface area contributed by atoms with Crippen molar-refractivity contribution in [2.75, 3.05) is 46.3 Å². The fourth-order valence-electron chi connectivity index (χ4n) is 3.18. The molecule has 0 spiro atoms. The van der Waals surface area contributed by atoms with Crippen molar-refractivity contribution in [1.82, 2.24) is 14.7 Å². The Labute approximate surface area is 138 Å². The molecule has 2 fully saturated rings. The van der Waals surface area contributed by atoms with Crippen LogP contribution < -0.4 is 0 Å². The van der Waals surface area contributed by atoms with Crippen LogP contribution in [-0.4, -0.2) is 89.8 Å². The molecular formula is C16H29N3O4. The van der Waals surface area contributed by atoms with Crippen LogP contribution in [0.3, 0.4) is 0 Å². The number of rotatable bonds is 2. The van der Waals surface area contributed by atoms with Crippen LogP contribution in [0.2, 0.25) is 0 Å². The summed E-state index contributed by atoms with van der Waals surface area (Å²) in [5, 5.41) is 9.42. The van der Waals surface area contributed by atoms with E-state index in [1.807, 2.05) is 20.8 Å². The largest absolute Gasteiger partial charge is 0.481 e. The van der Waals surface area contributed by atoms with E-state index in [9.17, 15) is 14.7 Å². The minimum atomic E-state index is -0.836. The Morgan fingerprint density at radius 1 is 1.09 bits per heavy atom. The summed E-state index contributed by atoms with van der Waals surface area (Å²) in [6.07, 6.45) is 0.181. The zero-order chi connectivity index (χ0) is 17.2. The van der Waals surface area contributed by atoms with Gasteiger partial charge >= 0.3 is 12.1 Å². The molecule has 132 valence electrons. The lowest BCUT2D eigenvalue weighted by molar-refractivity contribution is -0.144. The first kappa shape index (κ1) is 18.0. The van der Waals surface area contributed by atoms with Crippen molar-refractivity contribution in [3.05, 3.63) is 0 Å². The van der Waals surface area contributed by atoms with Crippen LogP contribution in [0.15, 0.2) is 0 Å². The number of hydrogen-bond acceptors (Lipinski definition) is 5. The summed E-state index contributed by atoms with van der Waals surface area (Å²) in [5.74, 6) is -1.36. The highest BCUT2D eigenvalue weighted by atomic mass is 16.6. The van der Waals surface area contributed by atoms with Gasteiger partial charge in [0.2, 0.25) is 0 Å². The number of aliphatic carboxylic acids is 1. The van der Waals surface area contributed by atoms with Gasteiger partial charge in [-0.1, -0.05) is 0 Å². The summed E-state index contributed by atoms with van der Waals surface area (Å²) in [6.45, 7) is 10.0. The van der Waals surface area contributed by atoms with Crippen molar-refractivity contribution in [3.8, 4) is 0 Å². The quantitative estimate of drug-likeness (QED) is 0.814. The van der Waals surface area contributed by atoms with Crippen LogP contribution in [0.5, 0.6) is 0 Å². The second-order valence-electron chi connectivity index (χ2n) is 7.65. The van der Waals surface area contributed by atoms with E-state index in [1.165, 1.54) is 0 Å². The van der Waals surface area contributed by atoms with Crippen LogP contribution in [0, 0.1) is 5.92 Å². The molecule has 0 aromatic heterocycles. The van der Waals surface area contributed by atoms with Gasteiger partial charge < -0.3 is 19.6 Å². The Kier molecular flexibility index (Phi) is 5.52. The van der Waals surface area contributed by atoms with Crippen molar-refractivity contribution in [1.29, 1.82) is 0 Å². The lowest BCUT2D eigenvalue weighted by Gasteiger charge is -2.44. The Balaban J connectivity index is 2.05. The van der Waals surface area contributed by atoms with Gasteiger partial charge in [0, 0.05) is 45.3 Å². The molecule has 2 heterocycles. The number of likely N-dealkylation sites (tertiary alicyclic amines) is 1. The van der Waals surface area contributed by atoms with Gasteiger partial charge in [0.15, 0.2) is 0 Å². The number of likely N-dealkylation sites (N-methyl/N-ethyl adjacent to an activating group) is 1. The lowest BCUT2D eigenvalue weighted by Crippen LogP contribution is -2.58. The Morgan fingerprint density at radius 3 is 2.22 bits per heavy atom. The molecule has 23 heavy (non-hydrogen) atoms. The van der Waals surface area contributed by atoms with Crippen molar-refractivity contribution in [3.63, 3.8) is 0 Å². The number of nitrogens with zero attached hydrogens (tertiary/aromatic N) is 3. The number of carboxylic acid groups (broad SMARTS) is 1. The van der Waals surface area contributed by atoms with Crippen molar-refractivity contribution >= 4 is 12.1 Å².